The molecule has 0 radical (unpaired) electrons. The van der Waals surface area contributed by atoms with Gasteiger partial charge in [-0.3, -0.25) is 4.79 Å². The van der Waals surface area contributed by atoms with Crippen molar-refractivity contribution in [2.75, 3.05) is 6.61 Å². The van der Waals surface area contributed by atoms with E-state index in [0.29, 0.717) is 13.0 Å². The molecule has 0 saturated carbocycles. The van der Waals surface area contributed by atoms with E-state index in [2.05, 4.69) is 0 Å². The predicted molar refractivity (Wildman–Crippen MR) is 62.9 cm³/mol. The molecule has 1 unspecified atom stereocenters. The minimum Gasteiger partial charge on any atom is -0.465 e. The average Bonchev–Trinajstić information content (AvgIpc) is 2.28. The lowest BCUT2D eigenvalue weighted by Gasteiger charge is -2.13. The standard InChI is InChI=1S/C12H14F2O2S/c1-3-10(12(15)16-4-2)17-11-6-5-8(13)7-9(11)14/h5-7,10H,3-4H2,1-2H3. The lowest BCUT2D eigenvalue weighted by atomic mass is 10.3. The highest BCUT2D eigenvalue weighted by Gasteiger charge is 2.20. The maximum atomic E-state index is 13.4. The summed E-state index contributed by atoms with van der Waals surface area (Å²) in [6.45, 7) is 3.82. The minimum atomic E-state index is -0.655. The molecule has 0 aliphatic carbocycles. The number of rotatable bonds is 5. The number of hydrogen-bond acceptors (Lipinski definition) is 3. The molecule has 0 fully saturated rings. The van der Waals surface area contributed by atoms with Gasteiger partial charge in [-0.1, -0.05) is 6.92 Å². The van der Waals surface area contributed by atoms with Crippen molar-refractivity contribution in [2.24, 2.45) is 0 Å². The van der Waals surface area contributed by atoms with Crippen LogP contribution < -0.4 is 0 Å². The van der Waals surface area contributed by atoms with Crippen LogP contribution in [0.4, 0.5) is 8.78 Å². The molecule has 5 heteroatoms. The van der Waals surface area contributed by atoms with Crippen molar-refractivity contribution in [1.29, 1.82) is 0 Å². The molecule has 0 aliphatic rings. The Morgan fingerprint density at radius 2 is 2.12 bits per heavy atom. The van der Waals surface area contributed by atoms with E-state index in [1.165, 1.54) is 12.1 Å². The SMILES string of the molecule is CCOC(=O)C(CC)Sc1ccc(F)cc1F. The fourth-order valence-corrected chi connectivity index (χ4v) is 2.21. The maximum absolute atomic E-state index is 13.4. The predicted octanol–water partition coefficient (Wildman–Crippen LogP) is 3.40. The maximum Gasteiger partial charge on any atom is 0.319 e. The molecule has 1 atom stereocenters. The molecule has 2 nitrogen and oxygen atoms in total. The Balaban J connectivity index is 2.77. The summed E-state index contributed by atoms with van der Waals surface area (Å²) in [4.78, 5) is 11.8. The van der Waals surface area contributed by atoms with Crippen molar-refractivity contribution in [1.82, 2.24) is 0 Å². The molecule has 0 N–H and O–H groups in total. The average molecular weight is 260 g/mol. The molecular weight excluding hydrogens is 246 g/mol. The zero-order valence-corrected chi connectivity index (χ0v) is 10.5. The first-order valence-electron chi connectivity index (χ1n) is 5.36. The van der Waals surface area contributed by atoms with Crippen LogP contribution in [0.5, 0.6) is 0 Å². The summed E-state index contributed by atoms with van der Waals surface area (Å²) in [5.74, 6) is -1.66. The Morgan fingerprint density at radius 3 is 2.65 bits per heavy atom. The monoisotopic (exact) mass is 260 g/mol. The Labute approximate surface area is 103 Å². The van der Waals surface area contributed by atoms with E-state index in [4.69, 9.17) is 4.74 Å². The third-order valence-corrected chi connectivity index (χ3v) is 3.48. The van der Waals surface area contributed by atoms with Crippen LogP contribution in [0.2, 0.25) is 0 Å². The minimum absolute atomic E-state index is 0.256. The van der Waals surface area contributed by atoms with E-state index in [1.54, 1.807) is 6.92 Å². The summed E-state index contributed by atoms with van der Waals surface area (Å²) in [6, 6.07) is 3.31. The molecule has 0 heterocycles. The zero-order valence-electron chi connectivity index (χ0n) is 9.70. The summed E-state index contributed by atoms with van der Waals surface area (Å²) in [5, 5.41) is -0.463. The number of esters is 1. The van der Waals surface area contributed by atoms with Gasteiger partial charge in [-0.15, -0.1) is 11.8 Å². The lowest BCUT2D eigenvalue weighted by molar-refractivity contribution is -0.142. The lowest BCUT2D eigenvalue weighted by Crippen LogP contribution is -2.19. The summed E-state index contributed by atoms with van der Waals surface area (Å²) >= 11 is 1.06. The van der Waals surface area contributed by atoms with Crippen molar-refractivity contribution in [3.05, 3.63) is 29.8 Å². The van der Waals surface area contributed by atoms with Gasteiger partial charge in [0.2, 0.25) is 0 Å². The van der Waals surface area contributed by atoms with E-state index >= 15 is 0 Å². The first-order chi connectivity index (χ1) is 8.08. The zero-order chi connectivity index (χ0) is 12.8. The number of thioether (sulfide) groups is 1. The summed E-state index contributed by atoms with van der Waals surface area (Å²) in [6.07, 6.45) is 0.528. The third kappa shape index (κ3) is 4.00. The summed E-state index contributed by atoms with van der Waals surface area (Å²) in [7, 11) is 0. The van der Waals surface area contributed by atoms with Crippen LogP contribution in [0, 0.1) is 11.6 Å². The van der Waals surface area contributed by atoms with Crippen LogP contribution in [0.15, 0.2) is 23.1 Å². The third-order valence-electron chi connectivity index (χ3n) is 2.08. The molecule has 1 rings (SSSR count). The highest BCUT2D eigenvalue weighted by atomic mass is 32.2. The normalized spacial score (nSPS) is 12.2. The van der Waals surface area contributed by atoms with Crippen LogP contribution >= 0.6 is 11.8 Å². The van der Waals surface area contributed by atoms with Crippen LogP contribution in [0.25, 0.3) is 0 Å². The van der Waals surface area contributed by atoms with Gasteiger partial charge in [-0.2, -0.15) is 0 Å². The molecule has 17 heavy (non-hydrogen) atoms. The van der Waals surface area contributed by atoms with E-state index in [1.807, 2.05) is 6.92 Å². The number of carbonyl (C=O) groups excluding carboxylic acids is 1. The van der Waals surface area contributed by atoms with E-state index < -0.39 is 16.9 Å². The Bertz CT molecular complexity index is 396. The van der Waals surface area contributed by atoms with Gasteiger partial charge in [0.25, 0.3) is 0 Å². The number of hydrogen-bond donors (Lipinski definition) is 0. The molecule has 94 valence electrons. The second-order valence-corrected chi connectivity index (χ2v) is 4.59. The molecule has 0 spiro atoms. The van der Waals surface area contributed by atoms with Crippen LogP contribution in [-0.4, -0.2) is 17.8 Å². The molecule has 0 saturated heterocycles. The molecule has 1 aromatic carbocycles. The van der Waals surface area contributed by atoms with E-state index in [0.717, 1.165) is 17.8 Å². The van der Waals surface area contributed by atoms with Gasteiger partial charge in [0.1, 0.15) is 16.9 Å². The molecule has 1 aromatic rings. The topological polar surface area (TPSA) is 26.3 Å². The Kier molecular flexibility index (Phi) is 5.41. The smallest absolute Gasteiger partial charge is 0.319 e. The van der Waals surface area contributed by atoms with Gasteiger partial charge in [0.05, 0.1) is 6.61 Å². The van der Waals surface area contributed by atoms with E-state index in [9.17, 15) is 13.6 Å². The number of ether oxygens (including phenoxy) is 1. The summed E-state index contributed by atoms with van der Waals surface area (Å²) < 4.78 is 31.0. The van der Waals surface area contributed by atoms with Crippen molar-refractivity contribution in [3.8, 4) is 0 Å². The van der Waals surface area contributed by atoms with Gasteiger partial charge >= 0.3 is 5.97 Å². The number of benzene rings is 1. The van der Waals surface area contributed by atoms with Gasteiger partial charge in [0.15, 0.2) is 0 Å². The van der Waals surface area contributed by atoms with Crippen molar-refractivity contribution in [2.45, 2.75) is 30.4 Å². The van der Waals surface area contributed by atoms with Crippen molar-refractivity contribution >= 4 is 17.7 Å². The molecule has 0 amide bonds. The van der Waals surface area contributed by atoms with Gasteiger partial charge in [-0.25, -0.2) is 8.78 Å². The molecular formula is C12H14F2O2S. The van der Waals surface area contributed by atoms with E-state index in [-0.39, 0.29) is 10.9 Å². The van der Waals surface area contributed by atoms with Gasteiger partial charge < -0.3 is 4.74 Å². The highest BCUT2D eigenvalue weighted by molar-refractivity contribution is 8.00. The van der Waals surface area contributed by atoms with Crippen molar-refractivity contribution in [3.63, 3.8) is 0 Å². The summed E-state index contributed by atoms with van der Waals surface area (Å²) in [5.41, 5.74) is 0. The second-order valence-electron chi connectivity index (χ2n) is 3.34. The van der Waals surface area contributed by atoms with Gasteiger partial charge in [-0.05, 0) is 25.5 Å². The Hall–Kier alpha value is -1.10. The molecule has 0 aromatic heterocycles. The first-order valence-corrected chi connectivity index (χ1v) is 6.24. The van der Waals surface area contributed by atoms with Gasteiger partial charge in [0, 0.05) is 11.0 Å². The fourth-order valence-electron chi connectivity index (χ4n) is 1.26. The highest BCUT2D eigenvalue weighted by Crippen LogP contribution is 2.28. The first kappa shape index (κ1) is 14.0. The van der Waals surface area contributed by atoms with Crippen LogP contribution in [0.1, 0.15) is 20.3 Å². The quantitative estimate of drug-likeness (QED) is 0.599. The number of carbonyl (C=O) groups is 1. The largest absolute Gasteiger partial charge is 0.465 e. The second kappa shape index (κ2) is 6.59. The number of halogens is 2. The van der Waals surface area contributed by atoms with Crippen LogP contribution in [-0.2, 0) is 9.53 Å². The molecule has 0 bridgehead atoms. The fraction of sp³-hybridized carbons (Fsp3) is 0.417. The van der Waals surface area contributed by atoms with Crippen LogP contribution in [0.3, 0.4) is 0 Å². The molecule has 0 aliphatic heterocycles. The van der Waals surface area contributed by atoms with Crippen molar-refractivity contribution < 1.29 is 18.3 Å². The Morgan fingerprint density at radius 1 is 1.41 bits per heavy atom.